The molecule has 6 nitrogen and oxygen atoms in total. The van der Waals surface area contributed by atoms with E-state index in [1.165, 1.54) is 4.80 Å². The minimum absolute atomic E-state index is 0.0121. The number of phenolic OH excluding ortho intramolecular Hbond substituents is 1. The summed E-state index contributed by atoms with van der Waals surface area (Å²) in [5.74, 6) is -0.0630. The van der Waals surface area contributed by atoms with Gasteiger partial charge in [0.15, 0.2) is 5.75 Å². The van der Waals surface area contributed by atoms with Gasteiger partial charge < -0.3 is 15.9 Å². The van der Waals surface area contributed by atoms with Crippen molar-refractivity contribution in [1.82, 2.24) is 15.0 Å². The number of fused-ring (bicyclic) bond motifs is 1. The molecule has 102 valence electrons. The van der Waals surface area contributed by atoms with Crippen LogP contribution >= 0.6 is 0 Å². The number of hydrogen-bond acceptors (Lipinski definition) is 5. The topological polar surface area (TPSA) is 97.2 Å². The van der Waals surface area contributed by atoms with Gasteiger partial charge in [-0.25, -0.2) is 0 Å². The SMILES string of the molecule is Nc1cc(CCO)cc(-n2nc3ccccc3n2)c1O. The molecule has 0 aliphatic heterocycles. The van der Waals surface area contributed by atoms with E-state index in [1.807, 2.05) is 24.3 Å². The quantitative estimate of drug-likeness (QED) is 0.491. The highest BCUT2D eigenvalue weighted by Gasteiger charge is 2.12. The van der Waals surface area contributed by atoms with Crippen LogP contribution in [-0.4, -0.2) is 31.8 Å². The Balaban J connectivity index is 2.17. The average Bonchev–Trinajstić information content (AvgIpc) is 2.86. The Kier molecular flexibility index (Phi) is 3.00. The second-order valence-corrected chi connectivity index (χ2v) is 4.50. The van der Waals surface area contributed by atoms with Crippen molar-refractivity contribution in [3.8, 4) is 11.4 Å². The summed E-state index contributed by atoms with van der Waals surface area (Å²) in [6.45, 7) is 0.0121. The monoisotopic (exact) mass is 270 g/mol. The number of benzene rings is 2. The Hall–Kier alpha value is -2.60. The third-order valence-corrected chi connectivity index (χ3v) is 3.08. The van der Waals surface area contributed by atoms with Crippen molar-refractivity contribution in [1.29, 1.82) is 0 Å². The lowest BCUT2D eigenvalue weighted by molar-refractivity contribution is 0.299. The lowest BCUT2D eigenvalue weighted by atomic mass is 10.1. The van der Waals surface area contributed by atoms with E-state index in [0.717, 1.165) is 16.6 Å². The summed E-state index contributed by atoms with van der Waals surface area (Å²) in [4.78, 5) is 1.36. The van der Waals surface area contributed by atoms with Crippen LogP contribution in [-0.2, 0) is 6.42 Å². The normalized spacial score (nSPS) is 11.1. The lowest BCUT2D eigenvalue weighted by Crippen LogP contribution is -2.03. The fourth-order valence-corrected chi connectivity index (χ4v) is 2.09. The molecule has 4 N–H and O–H groups in total. The van der Waals surface area contributed by atoms with E-state index in [2.05, 4.69) is 10.2 Å². The molecule has 0 radical (unpaired) electrons. The molecule has 2 aromatic carbocycles. The van der Waals surface area contributed by atoms with Crippen molar-refractivity contribution in [2.45, 2.75) is 6.42 Å². The predicted octanol–water partition coefficient (Wildman–Crippen LogP) is 1.24. The fourth-order valence-electron chi connectivity index (χ4n) is 2.09. The van der Waals surface area contributed by atoms with Crippen molar-refractivity contribution in [2.24, 2.45) is 0 Å². The number of nitrogen functional groups attached to an aromatic ring is 1. The Labute approximate surface area is 115 Å². The summed E-state index contributed by atoms with van der Waals surface area (Å²) >= 11 is 0. The van der Waals surface area contributed by atoms with Gasteiger partial charge in [-0.2, -0.15) is 0 Å². The average molecular weight is 270 g/mol. The number of aliphatic hydroxyl groups excluding tert-OH is 1. The first-order valence-electron chi connectivity index (χ1n) is 6.23. The van der Waals surface area contributed by atoms with E-state index in [0.29, 0.717) is 12.1 Å². The van der Waals surface area contributed by atoms with E-state index in [4.69, 9.17) is 10.8 Å². The number of nitrogens with two attached hydrogens (primary N) is 1. The molecule has 0 aliphatic carbocycles. The number of phenols is 1. The van der Waals surface area contributed by atoms with Gasteiger partial charge in [-0.15, -0.1) is 15.0 Å². The Bertz CT molecular complexity index is 734. The largest absolute Gasteiger partial charge is 0.504 e. The van der Waals surface area contributed by atoms with Gasteiger partial charge in [-0.1, -0.05) is 12.1 Å². The zero-order valence-corrected chi connectivity index (χ0v) is 10.7. The maximum Gasteiger partial charge on any atom is 0.166 e. The Morgan fingerprint density at radius 1 is 1.10 bits per heavy atom. The third kappa shape index (κ3) is 2.06. The van der Waals surface area contributed by atoms with Gasteiger partial charge >= 0.3 is 0 Å². The number of nitrogens with zero attached hydrogens (tertiary/aromatic N) is 3. The van der Waals surface area contributed by atoms with Crippen LogP contribution in [0, 0.1) is 0 Å². The summed E-state index contributed by atoms with van der Waals surface area (Å²) in [5.41, 5.74) is 8.72. The maximum absolute atomic E-state index is 10.1. The number of anilines is 1. The van der Waals surface area contributed by atoms with Gasteiger partial charge in [-0.05, 0) is 36.2 Å². The van der Waals surface area contributed by atoms with Crippen LogP contribution in [0.4, 0.5) is 5.69 Å². The molecule has 1 heterocycles. The zero-order valence-electron chi connectivity index (χ0n) is 10.7. The number of aromatic nitrogens is 3. The fraction of sp³-hybridized carbons (Fsp3) is 0.143. The van der Waals surface area contributed by atoms with Crippen LogP contribution in [0.15, 0.2) is 36.4 Å². The van der Waals surface area contributed by atoms with Gasteiger partial charge in [0.05, 0.1) is 5.69 Å². The molecule has 1 aromatic heterocycles. The van der Waals surface area contributed by atoms with Crippen molar-refractivity contribution in [2.75, 3.05) is 12.3 Å². The molecule has 3 rings (SSSR count). The Morgan fingerprint density at radius 2 is 1.75 bits per heavy atom. The van der Waals surface area contributed by atoms with Gasteiger partial charge in [-0.3, -0.25) is 0 Å². The number of hydrogen-bond donors (Lipinski definition) is 3. The number of aliphatic hydroxyl groups is 1. The molecule has 0 spiro atoms. The van der Waals surface area contributed by atoms with Crippen LogP contribution in [0.3, 0.4) is 0 Å². The van der Waals surface area contributed by atoms with Crippen LogP contribution in [0.25, 0.3) is 16.7 Å². The third-order valence-electron chi connectivity index (χ3n) is 3.08. The standard InChI is InChI=1S/C14H14N4O2/c15-10-7-9(5-6-19)8-13(14(10)20)18-16-11-3-1-2-4-12(11)17-18/h1-4,7-8,19-20H,5-6,15H2. The molecule has 0 unspecified atom stereocenters. The molecule has 0 aliphatic rings. The number of rotatable bonds is 3. The minimum Gasteiger partial charge on any atom is -0.504 e. The van der Waals surface area contributed by atoms with Crippen molar-refractivity contribution in [3.63, 3.8) is 0 Å². The highest BCUT2D eigenvalue weighted by molar-refractivity contribution is 5.74. The molecule has 0 saturated heterocycles. The molecule has 0 amide bonds. The molecule has 0 fully saturated rings. The van der Waals surface area contributed by atoms with E-state index in [1.54, 1.807) is 12.1 Å². The van der Waals surface area contributed by atoms with Gasteiger partial charge in [0.25, 0.3) is 0 Å². The van der Waals surface area contributed by atoms with Crippen LogP contribution in [0.2, 0.25) is 0 Å². The minimum atomic E-state index is -0.0630. The maximum atomic E-state index is 10.1. The van der Waals surface area contributed by atoms with Crippen molar-refractivity contribution in [3.05, 3.63) is 42.0 Å². The van der Waals surface area contributed by atoms with Crippen LogP contribution in [0.1, 0.15) is 5.56 Å². The number of aromatic hydroxyl groups is 1. The van der Waals surface area contributed by atoms with Crippen LogP contribution in [0.5, 0.6) is 5.75 Å². The molecule has 0 bridgehead atoms. The lowest BCUT2D eigenvalue weighted by Gasteiger charge is -2.08. The van der Waals surface area contributed by atoms with Crippen molar-refractivity contribution < 1.29 is 10.2 Å². The highest BCUT2D eigenvalue weighted by atomic mass is 16.3. The molecular weight excluding hydrogens is 256 g/mol. The highest BCUT2D eigenvalue weighted by Crippen LogP contribution is 2.30. The van der Waals surface area contributed by atoms with Gasteiger partial charge in [0, 0.05) is 6.61 Å². The Morgan fingerprint density at radius 3 is 2.35 bits per heavy atom. The van der Waals surface area contributed by atoms with Crippen LogP contribution < -0.4 is 5.73 Å². The summed E-state index contributed by atoms with van der Waals surface area (Å²) < 4.78 is 0. The molecule has 0 saturated carbocycles. The molecule has 0 atom stereocenters. The zero-order chi connectivity index (χ0) is 14.1. The summed E-state index contributed by atoms with van der Waals surface area (Å²) in [5, 5.41) is 27.7. The summed E-state index contributed by atoms with van der Waals surface area (Å²) in [7, 11) is 0. The van der Waals surface area contributed by atoms with E-state index in [9.17, 15) is 5.11 Å². The second kappa shape index (κ2) is 4.82. The van der Waals surface area contributed by atoms with E-state index in [-0.39, 0.29) is 18.0 Å². The first-order valence-corrected chi connectivity index (χ1v) is 6.23. The molecule has 20 heavy (non-hydrogen) atoms. The van der Waals surface area contributed by atoms with Crippen molar-refractivity contribution >= 4 is 16.7 Å². The van der Waals surface area contributed by atoms with Gasteiger partial charge in [0.2, 0.25) is 0 Å². The molecule has 3 aromatic rings. The molecule has 6 heteroatoms. The molecular formula is C14H14N4O2. The first-order chi connectivity index (χ1) is 9.69. The first kappa shape index (κ1) is 12.4. The van der Waals surface area contributed by atoms with Gasteiger partial charge in [0.1, 0.15) is 16.7 Å². The van der Waals surface area contributed by atoms with E-state index < -0.39 is 0 Å². The smallest absolute Gasteiger partial charge is 0.166 e. The summed E-state index contributed by atoms with van der Waals surface area (Å²) in [6, 6.07) is 10.8. The van der Waals surface area contributed by atoms with E-state index >= 15 is 0 Å². The second-order valence-electron chi connectivity index (χ2n) is 4.50. The predicted molar refractivity (Wildman–Crippen MR) is 75.7 cm³/mol. The summed E-state index contributed by atoms with van der Waals surface area (Å²) in [6.07, 6.45) is 0.457.